The van der Waals surface area contributed by atoms with E-state index in [-0.39, 0.29) is 18.0 Å². The van der Waals surface area contributed by atoms with Crippen molar-refractivity contribution in [2.75, 3.05) is 6.54 Å². The van der Waals surface area contributed by atoms with E-state index in [1.165, 1.54) is 12.1 Å². The summed E-state index contributed by atoms with van der Waals surface area (Å²) in [7, 11) is 0. The number of aliphatic hydroxyl groups is 1. The van der Waals surface area contributed by atoms with Crippen molar-refractivity contribution >= 4 is 0 Å². The van der Waals surface area contributed by atoms with Gasteiger partial charge in [-0.1, -0.05) is 12.1 Å². The highest BCUT2D eigenvalue weighted by atomic mass is 19.1. The molecule has 82 valence electrons. The summed E-state index contributed by atoms with van der Waals surface area (Å²) in [5.41, 5.74) is 1.06. The minimum Gasteiger partial charge on any atom is -0.391 e. The molecule has 1 heterocycles. The predicted molar refractivity (Wildman–Crippen MR) is 57.1 cm³/mol. The van der Waals surface area contributed by atoms with Crippen LogP contribution in [0.2, 0.25) is 0 Å². The van der Waals surface area contributed by atoms with Gasteiger partial charge in [0.2, 0.25) is 0 Å². The Labute approximate surface area is 89.1 Å². The Morgan fingerprint density at radius 2 is 2.07 bits per heavy atom. The molecule has 1 saturated heterocycles. The van der Waals surface area contributed by atoms with E-state index in [0.29, 0.717) is 0 Å². The standard InChI is InChI=1S/C12H16FNO/c13-10-5-3-9(4-6-10)8-11-12(15)2-1-7-14-11/h3-6,11-12,14-15H,1-2,7-8H2/t11-,12-/m0/s1. The third-order valence-electron chi connectivity index (χ3n) is 2.92. The molecule has 2 rings (SSSR count). The molecular formula is C12H16FNO. The second-order valence-corrected chi connectivity index (χ2v) is 4.10. The molecular weight excluding hydrogens is 193 g/mol. The number of benzene rings is 1. The number of piperidine rings is 1. The van der Waals surface area contributed by atoms with Crippen molar-refractivity contribution in [1.82, 2.24) is 5.32 Å². The van der Waals surface area contributed by atoms with Crippen molar-refractivity contribution in [3.8, 4) is 0 Å². The topological polar surface area (TPSA) is 32.3 Å². The number of aliphatic hydroxyl groups excluding tert-OH is 1. The lowest BCUT2D eigenvalue weighted by Crippen LogP contribution is -2.46. The highest BCUT2D eigenvalue weighted by Gasteiger charge is 2.22. The SMILES string of the molecule is O[C@H]1CCCN[C@H]1Cc1ccc(F)cc1. The maximum Gasteiger partial charge on any atom is 0.123 e. The lowest BCUT2D eigenvalue weighted by Gasteiger charge is -2.29. The zero-order valence-electron chi connectivity index (χ0n) is 8.62. The van der Waals surface area contributed by atoms with Crippen LogP contribution in [-0.4, -0.2) is 23.8 Å². The smallest absolute Gasteiger partial charge is 0.123 e. The highest BCUT2D eigenvalue weighted by Crippen LogP contribution is 2.14. The summed E-state index contributed by atoms with van der Waals surface area (Å²) < 4.78 is 12.7. The molecule has 0 unspecified atom stereocenters. The van der Waals surface area contributed by atoms with Crippen LogP contribution in [0.3, 0.4) is 0 Å². The molecule has 0 amide bonds. The number of hydrogen-bond donors (Lipinski definition) is 2. The number of nitrogens with one attached hydrogen (secondary N) is 1. The summed E-state index contributed by atoms with van der Waals surface area (Å²) >= 11 is 0. The summed E-state index contributed by atoms with van der Waals surface area (Å²) in [4.78, 5) is 0. The van der Waals surface area contributed by atoms with Crippen LogP contribution in [0.4, 0.5) is 4.39 Å². The molecule has 1 aliphatic rings. The molecule has 0 aromatic heterocycles. The van der Waals surface area contributed by atoms with Gasteiger partial charge in [-0.25, -0.2) is 4.39 Å². The van der Waals surface area contributed by atoms with Gasteiger partial charge in [0.15, 0.2) is 0 Å². The molecule has 1 aromatic rings. The number of halogens is 1. The quantitative estimate of drug-likeness (QED) is 0.773. The normalized spacial score (nSPS) is 26.5. The first-order valence-electron chi connectivity index (χ1n) is 5.41. The fraction of sp³-hybridized carbons (Fsp3) is 0.500. The first-order chi connectivity index (χ1) is 7.25. The summed E-state index contributed by atoms with van der Waals surface area (Å²) in [6.07, 6.45) is 2.38. The van der Waals surface area contributed by atoms with Crippen molar-refractivity contribution in [2.45, 2.75) is 31.4 Å². The summed E-state index contributed by atoms with van der Waals surface area (Å²) in [6, 6.07) is 6.59. The summed E-state index contributed by atoms with van der Waals surface area (Å²) in [5, 5.41) is 13.0. The van der Waals surface area contributed by atoms with Crippen LogP contribution in [-0.2, 0) is 6.42 Å². The largest absolute Gasteiger partial charge is 0.391 e. The molecule has 0 aliphatic carbocycles. The van der Waals surface area contributed by atoms with E-state index in [1.54, 1.807) is 12.1 Å². The summed E-state index contributed by atoms with van der Waals surface area (Å²) in [5.74, 6) is -0.212. The third kappa shape index (κ3) is 2.76. The molecule has 0 bridgehead atoms. The van der Waals surface area contributed by atoms with Crippen LogP contribution in [0.1, 0.15) is 18.4 Å². The second-order valence-electron chi connectivity index (χ2n) is 4.10. The molecule has 1 fully saturated rings. The van der Waals surface area contributed by atoms with E-state index in [1.807, 2.05) is 0 Å². The highest BCUT2D eigenvalue weighted by molar-refractivity contribution is 5.17. The molecule has 1 aliphatic heterocycles. The van der Waals surface area contributed by atoms with Gasteiger partial charge in [-0.2, -0.15) is 0 Å². The van der Waals surface area contributed by atoms with E-state index >= 15 is 0 Å². The Kier molecular flexibility index (Phi) is 3.34. The van der Waals surface area contributed by atoms with Gasteiger partial charge in [-0.3, -0.25) is 0 Å². The van der Waals surface area contributed by atoms with E-state index in [4.69, 9.17) is 0 Å². The van der Waals surface area contributed by atoms with Crippen LogP contribution >= 0.6 is 0 Å². The van der Waals surface area contributed by atoms with Gasteiger partial charge in [-0.15, -0.1) is 0 Å². The maximum atomic E-state index is 12.7. The molecule has 2 atom stereocenters. The minimum absolute atomic E-state index is 0.115. The lowest BCUT2D eigenvalue weighted by atomic mass is 9.95. The average molecular weight is 209 g/mol. The van der Waals surface area contributed by atoms with Gasteiger partial charge in [-0.05, 0) is 43.5 Å². The zero-order chi connectivity index (χ0) is 10.7. The van der Waals surface area contributed by atoms with E-state index in [9.17, 15) is 9.50 Å². The van der Waals surface area contributed by atoms with Gasteiger partial charge in [0, 0.05) is 6.04 Å². The lowest BCUT2D eigenvalue weighted by molar-refractivity contribution is 0.0964. The van der Waals surface area contributed by atoms with E-state index in [0.717, 1.165) is 31.4 Å². The maximum absolute atomic E-state index is 12.7. The minimum atomic E-state index is -0.274. The number of hydrogen-bond acceptors (Lipinski definition) is 2. The third-order valence-corrected chi connectivity index (χ3v) is 2.92. The van der Waals surface area contributed by atoms with Crippen LogP contribution in [0.25, 0.3) is 0 Å². The van der Waals surface area contributed by atoms with Crippen molar-refractivity contribution in [1.29, 1.82) is 0 Å². The Bertz CT molecular complexity index is 312. The molecule has 2 nitrogen and oxygen atoms in total. The molecule has 2 N–H and O–H groups in total. The van der Waals surface area contributed by atoms with Crippen molar-refractivity contribution in [2.24, 2.45) is 0 Å². The first-order valence-corrected chi connectivity index (χ1v) is 5.41. The van der Waals surface area contributed by atoms with Crippen LogP contribution in [0.5, 0.6) is 0 Å². The first kappa shape index (κ1) is 10.6. The Morgan fingerprint density at radius 3 is 2.73 bits per heavy atom. The van der Waals surface area contributed by atoms with Gasteiger partial charge >= 0.3 is 0 Å². The van der Waals surface area contributed by atoms with Gasteiger partial charge < -0.3 is 10.4 Å². The zero-order valence-corrected chi connectivity index (χ0v) is 8.62. The predicted octanol–water partition coefficient (Wildman–Crippen LogP) is 1.48. The molecule has 0 saturated carbocycles. The van der Waals surface area contributed by atoms with Crippen LogP contribution < -0.4 is 5.32 Å². The monoisotopic (exact) mass is 209 g/mol. The van der Waals surface area contributed by atoms with Crippen molar-refractivity contribution < 1.29 is 9.50 Å². The van der Waals surface area contributed by atoms with Crippen molar-refractivity contribution in [3.63, 3.8) is 0 Å². The molecule has 15 heavy (non-hydrogen) atoms. The van der Waals surface area contributed by atoms with E-state index < -0.39 is 0 Å². The molecule has 3 heteroatoms. The van der Waals surface area contributed by atoms with Crippen molar-refractivity contribution in [3.05, 3.63) is 35.6 Å². The Morgan fingerprint density at radius 1 is 1.33 bits per heavy atom. The molecule has 1 aromatic carbocycles. The summed E-state index contributed by atoms with van der Waals surface area (Å²) in [6.45, 7) is 0.961. The Balaban J connectivity index is 1.98. The fourth-order valence-corrected chi connectivity index (χ4v) is 2.02. The molecule has 0 spiro atoms. The van der Waals surface area contributed by atoms with Gasteiger partial charge in [0.25, 0.3) is 0 Å². The van der Waals surface area contributed by atoms with Crippen LogP contribution in [0.15, 0.2) is 24.3 Å². The molecule has 0 radical (unpaired) electrons. The Hall–Kier alpha value is -0.930. The number of rotatable bonds is 2. The fourth-order valence-electron chi connectivity index (χ4n) is 2.02. The van der Waals surface area contributed by atoms with Gasteiger partial charge in [0.1, 0.15) is 5.82 Å². The average Bonchev–Trinajstić information content (AvgIpc) is 2.25. The van der Waals surface area contributed by atoms with Crippen LogP contribution in [0, 0.1) is 5.82 Å². The van der Waals surface area contributed by atoms with Gasteiger partial charge in [0.05, 0.1) is 6.10 Å². The van der Waals surface area contributed by atoms with E-state index in [2.05, 4.69) is 5.32 Å². The second kappa shape index (κ2) is 4.73.